The summed E-state index contributed by atoms with van der Waals surface area (Å²) in [5, 5.41) is 11.1. The summed E-state index contributed by atoms with van der Waals surface area (Å²) in [7, 11) is 1.44. The Hall–Kier alpha value is -1.26. The predicted molar refractivity (Wildman–Crippen MR) is 48.6 cm³/mol. The summed E-state index contributed by atoms with van der Waals surface area (Å²) in [6, 6.07) is -0.380. The van der Waals surface area contributed by atoms with Gasteiger partial charge in [-0.15, -0.1) is 0 Å². The lowest BCUT2D eigenvalue weighted by Gasteiger charge is -2.24. The van der Waals surface area contributed by atoms with Gasteiger partial charge in [-0.25, -0.2) is 4.79 Å². The molecular formula is C8H16N2O3. The number of urea groups is 1. The molecular weight excluding hydrogens is 172 g/mol. The topological polar surface area (TPSA) is 69.6 Å². The monoisotopic (exact) mass is 188 g/mol. The van der Waals surface area contributed by atoms with Gasteiger partial charge in [-0.05, 0) is 20.8 Å². The van der Waals surface area contributed by atoms with Crippen molar-refractivity contribution in [1.82, 2.24) is 10.2 Å². The number of hydrogen-bond acceptors (Lipinski definition) is 2. The molecule has 0 heterocycles. The number of nitrogens with one attached hydrogen (secondary N) is 1. The lowest BCUT2D eigenvalue weighted by molar-refractivity contribution is -0.137. The number of carboxylic acids is 1. The molecule has 0 atom stereocenters. The van der Waals surface area contributed by atoms with E-state index in [1.165, 1.54) is 7.05 Å². The number of carbonyl (C=O) groups is 2. The van der Waals surface area contributed by atoms with Gasteiger partial charge in [0.2, 0.25) is 0 Å². The molecule has 5 heteroatoms. The molecule has 13 heavy (non-hydrogen) atoms. The normalized spacial score (nSPS) is 10.8. The summed E-state index contributed by atoms with van der Waals surface area (Å²) in [5.74, 6) is -1.02. The third kappa shape index (κ3) is 5.95. The minimum Gasteiger partial charge on any atom is -0.480 e. The van der Waals surface area contributed by atoms with Gasteiger partial charge in [0.05, 0.1) is 0 Å². The molecule has 0 aromatic heterocycles. The van der Waals surface area contributed by atoms with Crippen LogP contribution in [0.1, 0.15) is 20.8 Å². The average molecular weight is 188 g/mol. The van der Waals surface area contributed by atoms with Crippen molar-refractivity contribution >= 4 is 12.0 Å². The fourth-order valence-corrected chi connectivity index (χ4v) is 0.691. The summed E-state index contributed by atoms with van der Waals surface area (Å²) in [5.41, 5.74) is -0.343. The summed E-state index contributed by atoms with van der Waals surface area (Å²) in [4.78, 5) is 22.6. The molecule has 0 saturated heterocycles. The summed E-state index contributed by atoms with van der Waals surface area (Å²) in [6.07, 6.45) is 0. The van der Waals surface area contributed by atoms with E-state index in [4.69, 9.17) is 5.11 Å². The Morgan fingerprint density at radius 1 is 1.38 bits per heavy atom. The van der Waals surface area contributed by atoms with Crippen molar-refractivity contribution in [1.29, 1.82) is 0 Å². The highest BCUT2D eigenvalue weighted by molar-refractivity contribution is 5.80. The van der Waals surface area contributed by atoms with Gasteiger partial charge in [0.25, 0.3) is 0 Å². The number of rotatable bonds is 2. The van der Waals surface area contributed by atoms with Gasteiger partial charge in [0, 0.05) is 12.6 Å². The van der Waals surface area contributed by atoms with Crippen molar-refractivity contribution in [3.63, 3.8) is 0 Å². The van der Waals surface area contributed by atoms with Crippen molar-refractivity contribution < 1.29 is 14.7 Å². The lowest BCUT2D eigenvalue weighted by atomic mass is 10.1. The summed E-state index contributed by atoms with van der Waals surface area (Å²) >= 11 is 0. The van der Waals surface area contributed by atoms with Crippen LogP contribution in [0, 0.1) is 0 Å². The Balaban J connectivity index is 4.05. The number of carboxylic acid groups (broad SMARTS) is 1. The number of hydrogen-bond donors (Lipinski definition) is 2. The van der Waals surface area contributed by atoms with Gasteiger partial charge in [-0.2, -0.15) is 0 Å². The van der Waals surface area contributed by atoms with Crippen molar-refractivity contribution in [2.45, 2.75) is 26.3 Å². The molecule has 2 amide bonds. The molecule has 76 valence electrons. The van der Waals surface area contributed by atoms with Gasteiger partial charge in [-0.1, -0.05) is 0 Å². The molecule has 0 aromatic rings. The SMILES string of the molecule is CN(CC(=O)O)C(=O)NC(C)(C)C. The zero-order valence-electron chi connectivity index (χ0n) is 8.42. The molecule has 0 rings (SSSR count). The quantitative estimate of drug-likeness (QED) is 0.663. The molecule has 0 unspecified atom stereocenters. The molecule has 0 saturated carbocycles. The van der Waals surface area contributed by atoms with Crippen LogP contribution in [0.25, 0.3) is 0 Å². The Morgan fingerprint density at radius 3 is 2.15 bits per heavy atom. The van der Waals surface area contributed by atoms with Crippen molar-refractivity contribution in [3.05, 3.63) is 0 Å². The number of likely N-dealkylation sites (N-methyl/N-ethyl adjacent to an activating group) is 1. The second kappa shape index (κ2) is 4.11. The van der Waals surface area contributed by atoms with Crippen LogP contribution in [0.2, 0.25) is 0 Å². The Morgan fingerprint density at radius 2 is 1.85 bits per heavy atom. The first-order valence-corrected chi connectivity index (χ1v) is 3.97. The highest BCUT2D eigenvalue weighted by Crippen LogP contribution is 1.99. The molecule has 0 aromatic carbocycles. The van der Waals surface area contributed by atoms with E-state index >= 15 is 0 Å². The van der Waals surface area contributed by atoms with E-state index in [2.05, 4.69) is 5.32 Å². The first-order valence-electron chi connectivity index (χ1n) is 3.97. The molecule has 5 nitrogen and oxygen atoms in total. The maximum Gasteiger partial charge on any atom is 0.323 e. The van der Waals surface area contributed by atoms with Crippen molar-refractivity contribution in [3.8, 4) is 0 Å². The van der Waals surface area contributed by atoms with Crippen LogP contribution in [0.3, 0.4) is 0 Å². The Kier molecular flexibility index (Phi) is 3.71. The van der Waals surface area contributed by atoms with Crippen LogP contribution in [0.4, 0.5) is 4.79 Å². The maximum absolute atomic E-state index is 11.2. The van der Waals surface area contributed by atoms with Crippen LogP contribution in [0.5, 0.6) is 0 Å². The Labute approximate surface area is 77.7 Å². The van der Waals surface area contributed by atoms with E-state index in [1.54, 1.807) is 0 Å². The van der Waals surface area contributed by atoms with Gasteiger partial charge in [0.15, 0.2) is 0 Å². The van der Waals surface area contributed by atoms with Crippen LogP contribution >= 0.6 is 0 Å². The fraction of sp³-hybridized carbons (Fsp3) is 0.750. The van der Waals surface area contributed by atoms with Gasteiger partial charge in [-0.3, -0.25) is 4.79 Å². The van der Waals surface area contributed by atoms with E-state index in [0.717, 1.165) is 4.90 Å². The first-order chi connectivity index (χ1) is 5.72. The Bertz CT molecular complexity index is 208. The van der Waals surface area contributed by atoms with E-state index < -0.39 is 5.97 Å². The molecule has 0 spiro atoms. The van der Waals surface area contributed by atoms with Gasteiger partial charge >= 0.3 is 12.0 Å². The van der Waals surface area contributed by atoms with E-state index in [9.17, 15) is 9.59 Å². The average Bonchev–Trinajstić information content (AvgIpc) is 1.81. The standard InChI is InChI=1S/C8H16N2O3/c1-8(2,3)9-7(13)10(4)5-6(11)12/h5H2,1-4H3,(H,9,13)(H,11,12). The highest BCUT2D eigenvalue weighted by atomic mass is 16.4. The summed E-state index contributed by atoms with van der Waals surface area (Å²) < 4.78 is 0. The molecule has 0 aliphatic heterocycles. The minimum absolute atomic E-state index is 0.290. The number of amides is 2. The van der Waals surface area contributed by atoms with E-state index in [1.807, 2.05) is 20.8 Å². The first kappa shape index (κ1) is 11.7. The number of aliphatic carboxylic acids is 1. The smallest absolute Gasteiger partial charge is 0.323 e. The van der Waals surface area contributed by atoms with Gasteiger partial charge < -0.3 is 15.3 Å². The zero-order chi connectivity index (χ0) is 10.6. The van der Waals surface area contributed by atoms with Crippen molar-refractivity contribution in [2.24, 2.45) is 0 Å². The largest absolute Gasteiger partial charge is 0.480 e. The molecule has 0 bridgehead atoms. The minimum atomic E-state index is -1.02. The number of carbonyl (C=O) groups excluding carboxylic acids is 1. The third-order valence-electron chi connectivity index (χ3n) is 1.20. The second-order valence-electron chi connectivity index (χ2n) is 3.93. The van der Waals surface area contributed by atoms with Crippen LogP contribution < -0.4 is 5.32 Å². The zero-order valence-corrected chi connectivity index (χ0v) is 8.42. The van der Waals surface area contributed by atoms with E-state index in [-0.39, 0.29) is 18.1 Å². The van der Waals surface area contributed by atoms with Crippen LogP contribution in [0.15, 0.2) is 0 Å². The van der Waals surface area contributed by atoms with Crippen LogP contribution in [-0.2, 0) is 4.79 Å². The lowest BCUT2D eigenvalue weighted by Crippen LogP contribution is -2.48. The third-order valence-corrected chi connectivity index (χ3v) is 1.20. The van der Waals surface area contributed by atoms with Crippen LogP contribution in [-0.4, -0.2) is 41.1 Å². The molecule has 0 aliphatic rings. The fourth-order valence-electron chi connectivity index (χ4n) is 0.691. The predicted octanol–water partition coefficient (Wildman–Crippen LogP) is 0.511. The van der Waals surface area contributed by atoms with Gasteiger partial charge in [0.1, 0.15) is 6.54 Å². The van der Waals surface area contributed by atoms with E-state index in [0.29, 0.717) is 0 Å². The summed E-state index contributed by atoms with van der Waals surface area (Å²) in [6.45, 7) is 5.21. The molecule has 2 N–H and O–H groups in total. The maximum atomic E-state index is 11.2. The number of nitrogens with zero attached hydrogens (tertiary/aromatic N) is 1. The molecule has 0 fully saturated rings. The molecule has 0 aliphatic carbocycles. The van der Waals surface area contributed by atoms with Crippen molar-refractivity contribution in [2.75, 3.05) is 13.6 Å². The molecule has 0 radical (unpaired) electrons. The second-order valence-corrected chi connectivity index (χ2v) is 3.93. The highest BCUT2D eigenvalue weighted by Gasteiger charge is 2.17.